The number of hydrogen-bond donors (Lipinski definition) is 2. The Morgan fingerprint density at radius 3 is 2.19 bits per heavy atom. The lowest BCUT2D eigenvalue weighted by atomic mass is 10.0. The summed E-state index contributed by atoms with van der Waals surface area (Å²) in [4.78, 5) is 33.3. The lowest BCUT2D eigenvalue weighted by Crippen LogP contribution is -2.42. The van der Waals surface area contributed by atoms with Crippen LogP contribution >= 0.6 is 11.3 Å². The topological polar surface area (TPSA) is 135 Å². The van der Waals surface area contributed by atoms with Crippen molar-refractivity contribution in [1.29, 1.82) is 0 Å². The summed E-state index contributed by atoms with van der Waals surface area (Å²) >= 11 is 1.65. The molecule has 0 radical (unpaired) electrons. The molecule has 37 heavy (non-hydrogen) atoms. The van der Waals surface area contributed by atoms with Gasteiger partial charge in [0, 0.05) is 24.4 Å². The van der Waals surface area contributed by atoms with Crippen LogP contribution in [-0.4, -0.2) is 80.9 Å². The molecule has 0 amide bonds. The Bertz CT molecular complexity index is 999. The Morgan fingerprint density at radius 2 is 1.70 bits per heavy atom. The van der Waals surface area contributed by atoms with Crippen molar-refractivity contribution in [3.63, 3.8) is 0 Å². The molecule has 2 saturated heterocycles. The second kappa shape index (κ2) is 13.0. The van der Waals surface area contributed by atoms with Crippen molar-refractivity contribution < 1.29 is 55.6 Å². The monoisotopic (exact) mass is 560 g/mol. The third kappa shape index (κ3) is 9.40. The fourth-order valence-electron chi connectivity index (χ4n) is 3.39. The number of aliphatic carboxylic acids is 2. The summed E-state index contributed by atoms with van der Waals surface area (Å²) in [5.74, 6) is -4.75. The maximum atomic E-state index is 10.6. The molecule has 0 aliphatic carbocycles. The average Bonchev–Trinajstić information content (AvgIpc) is 3.41. The second-order valence-corrected chi connectivity index (χ2v) is 8.62. The van der Waals surface area contributed by atoms with E-state index in [1.807, 2.05) is 13.0 Å². The van der Waals surface area contributed by atoms with Gasteiger partial charge in [0.15, 0.2) is 0 Å². The zero-order valence-electron chi connectivity index (χ0n) is 19.1. The lowest BCUT2D eigenvalue weighted by molar-refractivity contribution is -0.193. The molecule has 4 heterocycles. The molecule has 2 aromatic heterocycles. The molecule has 2 aliphatic heterocycles. The predicted octanol–water partition coefficient (Wildman–Crippen LogP) is 3.46. The van der Waals surface area contributed by atoms with Crippen LogP contribution in [0.3, 0.4) is 0 Å². The standard InChI is InChI=1S/C16H20N4O2S.2C2HF3O2/c1-11-19-12(10-23-11)9-22-14-8-20(16-17-5-3-6-18-16)13-4-2-7-21-15(13)14;2*3-2(4,5)1(6)7/h3,5-6,10,13-15H,2,4,7-9H2,1H3;2*(H,6,7)/t13-,14+,15+;;/m1../s1. The van der Waals surface area contributed by atoms with Crippen LogP contribution in [0.2, 0.25) is 0 Å². The normalized spacial score (nSPS) is 21.2. The maximum Gasteiger partial charge on any atom is 0.490 e. The van der Waals surface area contributed by atoms with Crippen LogP contribution in [0.5, 0.6) is 0 Å². The number of aryl methyl sites for hydroxylation is 1. The number of alkyl halides is 6. The van der Waals surface area contributed by atoms with Gasteiger partial charge in [-0.25, -0.2) is 24.5 Å². The Balaban J connectivity index is 0.000000286. The number of anilines is 1. The SMILES string of the molecule is Cc1nc(CO[C@H]2CN(c3ncccn3)[C@@H]3CCCO[C@H]23)cs1.O=C(O)C(F)(F)F.O=C(O)C(F)(F)F. The maximum absolute atomic E-state index is 10.6. The number of fused-ring (bicyclic) bond motifs is 1. The van der Waals surface area contributed by atoms with E-state index in [4.69, 9.17) is 29.3 Å². The van der Waals surface area contributed by atoms with Crippen LogP contribution in [0.1, 0.15) is 23.5 Å². The first-order valence-electron chi connectivity index (χ1n) is 10.5. The third-order valence-electron chi connectivity index (χ3n) is 4.88. The van der Waals surface area contributed by atoms with Gasteiger partial charge in [0.2, 0.25) is 5.95 Å². The van der Waals surface area contributed by atoms with E-state index in [-0.39, 0.29) is 12.2 Å². The summed E-state index contributed by atoms with van der Waals surface area (Å²) in [6.07, 6.45) is -4.31. The number of halogens is 6. The Kier molecular flexibility index (Phi) is 10.6. The summed E-state index contributed by atoms with van der Waals surface area (Å²) in [5.41, 5.74) is 0.995. The lowest BCUT2D eigenvalue weighted by Gasteiger charge is -2.32. The fraction of sp³-hybridized carbons (Fsp3) is 0.550. The van der Waals surface area contributed by atoms with Crippen LogP contribution in [-0.2, 0) is 25.7 Å². The van der Waals surface area contributed by atoms with E-state index >= 15 is 0 Å². The van der Waals surface area contributed by atoms with Crippen molar-refractivity contribution in [3.8, 4) is 0 Å². The highest BCUT2D eigenvalue weighted by Gasteiger charge is 2.45. The minimum Gasteiger partial charge on any atom is -0.475 e. The van der Waals surface area contributed by atoms with Crippen molar-refractivity contribution in [2.45, 2.75) is 57.0 Å². The molecule has 2 aliphatic rings. The van der Waals surface area contributed by atoms with E-state index < -0.39 is 24.3 Å². The van der Waals surface area contributed by atoms with Gasteiger partial charge in [-0.1, -0.05) is 0 Å². The number of nitrogens with zero attached hydrogens (tertiary/aromatic N) is 4. The summed E-state index contributed by atoms with van der Waals surface area (Å²) < 4.78 is 75.6. The first-order valence-corrected chi connectivity index (χ1v) is 11.4. The molecule has 0 aromatic carbocycles. The zero-order valence-corrected chi connectivity index (χ0v) is 19.9. The van der Waals surface area contributed by atoms with Crippen molar-refractivity contribution in [2.24, 2.45) is 0 Å². The molecule has 206 valence electrons. The Morgan fingerprint density at radius 1 is 1.14 bits per heavy atom. The molecule has 0 spiro atoms. The largest absolute Gasteiger partial charge is 0.490 e. The van der Waals surface area contributed by atoms with Gasteiger partial charge in [0.25, 0.3) is 0 Å². The van der Waals surface area contributed by atoms with Gasteiger partial charge in [0.05, 0.1) is 29.9 Å². The van der Waals surface area contributed by atoms with Crippen molar-refractivity contribution >= 4 is 29.2 Å². The van der Waals surface area contributed by atoms with Gasteiger partial charge in [-0.05, 0) is 25.8 Å². The fourth-order valence-corrected chi connectivity index (χ4v) is 3.99. The van der Waals surface area contributed by atoms with E-state index in [0.29, 0.717) is 12.6 Å². The molecule has 2 N–H and O–H groups in total. The van der Waals surface area contributed by atoms with E-state index in [1.165, 1.54) is 0 Å². The number of carboxylic acids is 2. The number of carbonyl (C=O) groups is 2. The zero-order chi connectivity index (χ0) is 27.8. The number of rotatable bonds is 4. The molecule has 2 fully saturated rings. The molecular weight excluding hydrogens is 538 g/mol. The smallest absolute Gasteiger partial charge is 0.475 e. The van der Waals surface area contributed by atoms with Crippen molar-refractivity contribution in [2.75, 3.05) is 18.1 Å². The summed E-state index contributed by atoms with van der Waals surface area (Å²) in [7, 11) is 0. The summed E-state index contributed by atoms with van der Waals surface area (Å²) in [5, 5.41) is 17.4. The van der Waals surface area contributed by atoms with Gasteiger partial charge < -0.3 is 24.6 Å². The minimum absolute atomic E-state index is 0.0334. The van der Waals surface area contributed by atoms with E-state index in [1.54, 1.807) is 23.7 Å². The van der Waals surface area contributed by atoms with Crippen LogP contribution in [0, 0.1) is 6.92 Å². The van der Waals surface area contributed by atoms with Gasteiger partial charge >= 0.3 is 24.3 Å². The first-order chi connectivity index (χ1) is 17.2. The van der Waals surface area contributed by atoms with Gasteiger partial charge in [-0.2, -0.15) is 26.3 Å². The number of ether oxygens (including phenoxy) is 2. The highest BCUT2D eigenvalue weighted by molar-refractivity contribution is 7.09. The molecule has 17 heteroatoms. The van der Waals surface area contributed by atoms with Crippen LogP contribution in [0.15, 0.2) is 23.8 Å². The van der Waals surface area contributed by atoms with Crippen LogP contribution in [0.4, 0.5) is 32.3 Å². The number of carboxylic acid groups (broad SMARTS) is 2. The van der Waals surface area contributed by atoms with E-state index in [2.05, 4.69) is 25.2 Å². The Hall–Kier alpha value is -3.05. The highest BCUT2D eigenvalue weighted by Crippen LogP contribution is 2.33. The van der Waals surface area contributed by atoms with Gasteiger partial charge in [-0.15, -0.1) is 11.3 Å². The number of aromatic nitrogens is 3. The Labute approximate surface area is 209 Å². The van der Waals surface area contributed by atoms with Crippen LogP contribution < -0.4 is 4.90 Å². The van der Waals surface area contributed by atoms with E-state index in [9.17, 15) is 26.3 Å². The van der Waals surface area contributed by atoms with E-state index in [0.717, 1.165) is 42.6 Å². The molecule has 10 nitrogen and oxygen atoms in total. The molecule has 0 saturated carbocycles. The van der Waals surface area contributed by atoms with Crippen LogP contribution in [0.25, 0.3) is 0 Å². The molecule has 3 atom stereocenters. The average molecular weight is 560 g/mol. The van der Waals surface area contributed by atoms with Gasteiger partial charge in [0.1, 0.15) is 12.2 Å². The predicted molar refractivity (Wildman–Crippen MR) is 115 cm³/mol. The highest BCUT2D eigenvalue weighted by atomic mass is 32.1. The van der Waals surface area contributed by atoms with Crippen molar-refractivity contribution in [1.82, 2.24) is 15.0 Å². The molecule has 0 unspecified atom stereocenters. The second-order valence-electron chi connectivity index (χ2n) is 7.56. The summed E-state index contributed by atoms with van der Waals surface area (Å²) in [6.45, 7) is 4.12. The molecule has 0 bridgehead atoms. The first kappa shape index (κ1) is 30.2. The molecular formula is C20H22F6N4O6S. The molecule has 2 aromatic rings. The molecule has 4 rings (SSSR count). The third-order valence-corrected chi connectivity index (χ3v) is 5.71. The number of hydrogen-bond acceptors (Lipinski definition) is 9. The number of thiazole rings is 1. The van der Waals surface area contributed by atoms with Crippen molar-refractivity contribution in [3.05, 3.63) is 34.5 Å². The quantitative estimate of drug-likeness (QED) is 0.536. The summed E-state index contributed by atoms with van der Waals surface area (Å²) in [6, 6.07) is 2.14. The minimum atomic E-state index is -5.08. The van der Waals surface area contributed by atoms with Gasteiger partial charge in [-0.3, -0.25) is 0 Å².